The molecule has 0 amide bonds. The number of rotatable bonds is 12. The average molecular weight is 583 g/mol. The molecular formula is C34H30O9. The van der Waals surface area contributed by atoms with Crippen LogP contribution in [-0.2, 0) is 19.2 Å². The van der Waals surface area contributed by atoms with E-state index < -0.39 is 23.9 Å². The molecule has 0 saturated heterocycles. The molecule has 0 fully saturated rings. The number of carbonyl (C=O) groups is 4. The fourth-order valence-corrected chi connectivity index (χ4v) is 3.62. The number of ether oxygens (including phenoxy) is 5. The molecule has 220 valence electrons. The monoisotopic (exact) mass is 582 g/mol. The summed E-state index contributed by atoms with van der Waals surface area (Å²) in [4.78, 5) is 48.7. The van der Waals surface area contributed by atoms with Gasteiger partial charge in [0, 0.05) is 46.1 Å². The number of carbonyl (C=O) groups excluding carboxylic acids is 4. The van der Waals surface area contributed by atoms with E-state index in [-0.39, 0.29) is 40.8 Å². The molecule has 0 N–H and O–H groups in total. The zero-order valence-electron chi connectivity index (χ0n) is 24.1. The summed E-state index contributed by atoms with van der Waals surface area (Å²) < 4.78 is 27.6. The van der Waals surface area contributed by atoms with Gasteiger partial charge in [-0.15, -0.1) is 0 Å². The Morgan fingerprint density at radius 2 is 1.12 bits per heavy atom. The molecule has 0 aliphatic carbocycles. The lowest BCUT2D eigenvalue weighted by Gasteiger charge is -2.18. The Labute approximate surface area is 249 Å². The summed E-state index contributed by atoms with van der Waals surface area (Å²) in [7, 11) is 0. The van der Waals surface area contributed by atoms with Gasteiger partial charge in [-0.25, -0.2) is 19.2 Å². The van der Waals surface area contributed by atoms with Crippen LogP contribution in [0.5, 0.6) is 28.7 Å². The van der Waals surface area contributed by atoms with E-state index in [1.165, 1.54) is 38.1 Å². The van der Waals surface area contributed by atoms with E-state index in [1.807, 2.05) is 0 Å². The predicted molar refractivity (Wildman–Crippen MR) is 161 cm³/mol. The summed E-state index contributed by atoms with van der Waals surface area (Å²) >= 11 is 0. The fraction of sp³-hybridized carbons (Fsp3) is 0.118. The van der Waals surface area contributed by atoms with Crippen LogP contribution >= 0.6 is 0 Å². The Kier molecular flexibility index (Phi) is 10.6. The Bertz CT molecular complexity index is 1630. The number of benzene rings is 3. The molecule has 3 aromatic rings. The second-order valence-corrected chi connectivity index (χ2v) is 9.05. The van der Waals surface area contributed by atoms with Crippen molar-refractivity contribution in [1.29, 1.82) is 0 Å². The molecule has 0 aliphatic heterocycles. The van der Waals surface area contributed by atoms with E-state index in [4.69, 9.17) is 23.7 Å². The summed E-state index contributed by atoms with van der Waals surface area (Å²) in [6, 6.07) is 14.0. The van der Waals surface area contributed by atoms with E-state index in [1.54, 1.807) is 37.3 Å². The Hall–Kier alpha value is -5.70. The molecule has 0 bridgehead atoms. The van der Waals surface area contributed by atoms with Gasteiger partial charge in [-0.2, -0.15) is 0 Å². The van der Waals surface area contributed by atoms with Crippen molar-refractivity contribution >= 4 is 23.9 Å². The minimum atomic E-state index is -0.741. The third-order valence-electron chi connectivity index (χ3n) is 5.66. The highest BCUT2D eigenvalue weighted by Gasteiger charge is 2.22. The van der Waals surface area contributed by atoms with Crippen LogP contribution in [0.3, 0.4) is 0 Å². The highest BCUT2D eigenvalue weighted by Crippen LogP contribution is 2.45. The van der Waals surface area contributed by atoms with Crippen LogP contribution in [0.2, 0.25) is 0 Å². The fourth-order valence-electron chi connectivity index (χ4n) is 3.62. The van der Waals surface area contributed by atoms with E-state index in [9.17, 15) is 19.2 Å². The predicted octanol–water partition coefficient (Wildman–Crippen LogP) is 6.57. The van der Waals surface area contributed by atoms with E-state index in [2.05, 4.69) is 26.3 Å². The first-order valence-corrected chi connectivity index (χ1v) is 13.0. The standard InChI is InChI=1S/C34H30O9/c1-8-31(35)42-29-19-27(25-16-15-24(17-28(25)39-10-3)41-34(38)21(6)7)30(43-32(36)9-2)18-26(29)22-11-13-23(14-12-22)40-33(37)20(4)5/h8-9,11-19H,1-2,4,6,10H2,3,5,7H3. The SMILES string of the molecule is C=CC(=O)Oc1cc(-c2ccc(OC(=O)C(=C)C)cc2OCC)c(OC(=O)C=C)cc1-c1ccc(OC(=O)C(=C)C)cc1. The minimum absolute atomic E-state index is 0.0868. The van der Waals surface area contributed by atoms with Gasteiger partial charge in [-0.05, 0) is 62.7 Å². The van der Waals surface area contributed by atoms with Crippen LogP contribution in [0.1, 0.15) is 20.8 Å². The lowest BCUT2D eigenvalue weighted by molar-refractivity contribution is -0.130. The third kappa shape index (κ3) is 8.17. The third-order valence-corrected chi connectivity index (χ3v) is 5.66. The van der Waals surface area contributed by atoms with Crippen LogP contribution < -0.4 is 23.7 Å². The summed E-state index contributed by atoms with van der Waals surface area (Å²) in [5, 5.41) is 0. The van der Waals surface area contributed by atoms with Crippen molar-refractivity contribution in [2.45, 2.75) is 20.8 Å². The number of esters is 4. The first-order valence-electron chi connectivity index (χ1n) is 13.0. The maximum atomic E-state index is 12.4. The average Bonchev–Trinajstić information content (AvgIpc) is 2.98. The maximum Gasteiger partial charge on any atom is 0.338 e. The van der Waals surface area contributed by atoms with Crippen molar-refractivity contribution in [3.8, 4) is 51.0 Å². The Balaban J connectivity index is 2.23. The number of hydrogen-bond donors (Lipinski definition) is 0. The van der Waals surface area contributed by atoms with E-state index >= 15 is 0 Å². The lowest BCUT2D eigenvalue weighted by Crippen LogP contribution is -2.09. The molecule has 3 aromatic carbocycles. The molecule has 43 heavy (non-hydrogen) atoms. The second-order valence-electron chi connectivity index (χ2n) is 9.05. The van der Waals surface area contributed by atoms with Gasteiger partial charge < -0.3 is 23.7 Å². The summed E-state index contributed by atoms with van der Waals surface area (Å²) in [5.41, 5.74) is 2.12. The van der Waals surface area contributed by atoms with Gasteiger partial charge in [0.25, 0.3) is 0 Å². The van der Waals surface area contributed by atoms with Gasteiger partial charge in [0.1, 0.15) is 28.7 Å². The molecule has 3 rings (SSSR count). The largest absolute Gasteiger partial charge is 0.493 e. The van der Waals surface area contributed by atoms with Crippen molar-refractivity contribution in [2.75, 3.05) is 6.61 Å². The first-order chi connectivity index (χ1) is 20.5. The van der Waals surface area contributed by atoms with Crippen LogP contribution in [-0.4, -0.2) is 30.5 Å². The van der Waals surface area contributed by atoms with Gasteiger partial charge in [0.2, 0.25) is 0 Å². The number of hydrogen-bond acceptors (Lipinski definition) is 9. The van der Waals surface area contributed by atoms with Gasteiger partial charge in [0.15, 0.2) is 0 Å². The van der Waals surface area contributed by atoms with Crippen LogP contribution in [0, 0.1) is 0 Å². The zero-order chi connectivity index (χ0) is 31.7. The quantitative estimate of drug-likeness (QED) is 0.133. The van der Waals surface area contributed by atoms with Crippen molar-refractivity contribution in [3.63, 3.8) is 0 Å². The van der Waals surface area contributed by atoms with E-state index in [0.29, 0.717) is 28.0 Å². The van der Waals surface area contributed by atoms with Gasteiger partial charge in [-0.1, -0.05) is 38.4 Å². The first kappa shape index (κ1) is 31.8. The lowest BCUT2D eigenvalue weighted by atomic mass is 9.97. The minimum Gasteiger partial charge on any atom is -0.493 e. The zero-order valence-corrected chi connectivity index (χ0v) is 24.1. The summed E-state index contributed by atoms with van der Waals surface area (Å²) in [5.74, 6) is -1.72. The highest BCUT2D eigenvalue weighted by molar-refractivity contribution is 5.92. The molecule has 9 heteroatoms. The summed E-state index contributed by atoms with van der Waals surface area (Å²) in [6.07, 6.45) is 2.01. The highest BCUT2D eigenvalue weighted by atomic mass is 16.5. The molecule has 0 saturated carbocycles. The van der Waals surface area contributed by atoms with Crippen molar-refractivity contribution < 1.29 is 42.9 Å². The molecule has 0 radical (unpaired) electrons. The molecule has 0 spiro atoms. The maximum absolute atomic E-state index is 12.4. The molecule has 0 aliphatic rings. The van der Waals surface area contributed by atoms with Gasteiger partial charge in [0.05, 0.1) is 6.61 Å². The molecule has 0 unspecified atom stereocenters. The van der Waals surface area contributed by atoms with Crippen molar-refractivity contribution in [2.24, 2.45) is 0 Å². The van der Waals surface area contributed by atoms with Crippen molar-refractivity contribution in [3.05, 3.63) is 104 Å². The Morgan fingerprint density at radius 1 is 0.628 bits per heavy atom. The molecular weight excluding hydrogens is 552 g/mol. The molecule has 9 nitrogen and oxygen atoms in total. The van der Waals surface area contributed by atoms with E-state index in [0.717, 1.165) is 12.2 Å². The van der Waals surface area contributed by atoms with Crippen LogP contribution in [0.25, 0.3) is 22.3 Å². The smallest absolute Gasteiger partial charge is 0.338 e. The topological polar surface area (TPSA) is 114 Å². The Morgan fingerprint density at radius 3 is 1.63 bits per heavy atom. The van der Waals surface area contributed by atoms with Crippen molar-refractivity contribution in [1.82, 2.24) is 0 Å². The second kappa shape index (κ2) is 14.3. The molecule has 0 aromatic heterocycles. The molecule has 0 atom stereocenters. The van der Waals surface area contributed by atoms with Gasteiger partial charge in [-0.3, -0.25) is 0 Å². The van der Waals surface area contributed by atoms with Crippen LogP contribution in [0.15, 0.2) is 104 Å². The van der Waals surface area contributed by atoms with Gasteiger partial charge >= 0.3 is 23.9 Å². The summed E-state index contributed by atoms with van der Waals surface area (Å²) in [6.45, 7) is 19.2. The molecule has 0 heterocycles. The van der Waals surface area contributed by atoms with Crippen LogP contribution in [0.4, 0.5) is 0 Å². The normalized spacial score (nSPS) is 10.1.